The molecule has 2 aliphatic rings. The zero-order chi connectivity index (χ0) is 14.0. The summed E-state index contributed by atoms with van der Waals surface area (Å²) in [6, 6.07) is 0. The van der Waals surface area contributed by atoms with E-state index in [9.17, 15) is 9.18 Å². The highest BCUT2D eigenvalue weighted by Gasteiger charge is 2.49. The molecule has 0 aliphatic carbocycles. The van der Waals surface area contributed by atoms with Crippen LogP contribution in [0.1, 0.15) is 27.2 Å². The first-order valence-corrected chi connectivity index (χ1v) is 6.12. The maximum absolute atomic E-state index is 12.3. The Morgan fingerprint density at radius 1 is 1.28 bits per heavy atom. The predicted octanol–water partition coefficient (Wildman–Crippen LogP) is 3.13. The van der Waals surface area contributed by atoms with Crippen LogP contribution in [-0.2, 0) is 18.9 Å². The van der Waals surface area contributed by atoms with Crippen LogP contribution >= 0.6 is 23.2 Å². The molecule has 8 heteroatoms. The summed E-state index contributed by atoms with van der Waals surface area (Å²) >= 11 is 11.6. The van der Waals surface area contributed by atoms with Gasteiger partial charge in [0.15, 0.2) is 23.0 Å². The summed E-state index contributed by atoms with van der Waals surface area (Å²) in [5, 5.41) is -1.79. The van der Waals surface area contributed by atoms with Crippen molar-refractivity contribution in [1.82, 2.24) is 0 Å². The van der Waals surface area contributed by atoms with Gasteiger partial charge in [-0.2, -0.15) is 4.39 Å². The Kier molecular flexibility index (Phi) is 5.05. The van der Waals surface area contributed by atoms with Crippen molar-refractivity contribution in [3.63, 3.8) is 0 Å². The average Bonchev–Trinajstić information content (AvgIpc) is 2.68. The third-order valence-electron chi connectivity index (χ3n) is 2.61. The number of carbonyl (C=O) groups is 1. The monoisotopic (exact) mass is 304 g/mol. The van der Waals surface area contributed by atoms with Gasteiger partial charge in [-0.3, -0.25) is 0 Å². The van der Waals surface area contributed by atoms with E-state index in [1.807, 2.05) is 0 Å². The lowest BCUT2D eigenvalue weighted by molar-refractivity contribution is 0.0301. The molecule has 2 rings (SSSR count). The largest absolute Gasteiger partial charge is 0.511 e. The highest BCUT2D eigenvalue weighted by atomic mass is 35.5. The van der Waals surface area contributed by atoms with Gasteiger partial charge in [0, 0.05) is 0 Å². The van der Waals surface area contributed by atoms with Crippen molar-refractivity contribution in [3.8, 4) is 0 Å². The summed E-state index contributed by atoms with van der Waals surface area (Å²) < 4.78 is 30.6. The lowest BCUT2D eigenvalue weighted by Gasteiger charge is -2.25. The Balaban J connectivity index is 0.000000180. The van der Waals surface area contributed by atoms with E-state index >= 15 is 0 Å². The number of hydrogen-bond acceptors (Lipinski definition) is 5. The first kappa shape index (κ1) is 15.8. The second-order valence-electron chi connectivity index (χ2n) is 4.02. The lowest BCUT2D eigenvalue weighted by Crippen LogP contribution is -2.36. The van der Waals surface area contributed by atoms with Gasteiger partial charge in [0.1, 0.15) is 0 Å². The number of rotatable bonds is 1. The van der Waals surface area contributed by atoms with Crippen LogP contribution in [0.4, 0.5) is 9.18 Å². The first-order chi connectivity index (χ1) is 8.19. The summed E-state index contributed by atoms with van der Waals surface area (Å²) in [4.78, 5) is 10.1. The minimum atomic E-state index is -1.57. The molecule has 18 heavy (non-hydrogen) atoms. The fourth-order valence-electron chi connectivity index (χ4n) is 1.15. The van der Waals surface area contributed by atoms with Gasteiger partial charge in [0.05, 0.1) is 0 Å². The minimum Gasteiger partial charge on any atom is -0.424 e. The van der Waals surface area contributed by atoms with Crippen LogP contribution in [0.5, 0.6) is 0 Å². The van der Waals surface area contributed by atoms with E-state index in [0.29, 0.717) is 6.42 Å². The third kappa shape index (κ3) is 3.60. The summed E-state index contributed by atoms with van der Waals surface area (Å²) in [7, 11) is 0. The van der Waals surface area contributed by atoms with Crippen LogP contribution in [0, 0.1) is 0 Å². The molecule has 0 saturated carbocycles. The zero-order valence-corrected chi connectivity index (χ0v) is 11.8. The minimum absolute atomic E-state index is 0.167. The predicted molar refractivity (Wildman–Crippen MR) is 62.1 cm³/mol. The van der Waals surface area contributed by atoms with Crippen molar-refractivity contribution < 1.29 is 28.1 Å². The van der Waals surface area contributed by atoms with Gasteiger partial charge < -0.3 is 18.9 Å². The molecule has 0 aromatic rings. The van der Waals surface area contributed by atoms with Crippen LogP contribution in [0.3, 0.4) is 0 Å². The molecule has 106 valence electrons. The average molecular weight is 305 g/mol. The normalized spacial score (nSPS) is 42.9. The molecule has 2 fully saturated rings. The van der Waals surface area contributed by atoms with E-state index in [0.717, 1.165) is 0 Å². The van der Waals surface area contributed by atoms with Crippen LogP contribution in [0.25, 0.3) is 0 Å². The summed E-state index contributed by atoms with van der Waals surface area (Å²) in [5.74, 6) is 0. The van der Waals surface area contributed by atoms with E-state index in [1.165, 1.54) is 0 Å². The number of carbonyl (C=O) groups excluding carboxylic acids is 1. The van der Waals surface area contributed by atoms with Crippen molar-refractivity contribution >= 4 is 29.4 Å². The molecule has 0 radical (unpaired) electrons. The van der Waals surface area contributed by atoms with E-state index in [4.69, 9.17) is 32.7 Å². The third-order valence-corrected chi connectivity index (χ3v) is 3.64. The molecule has 4 unspecified atom stereocenters. The molecule has 0 N–H and O–H groups in total. The van der Waals surface area contributed by atoms with Gasteiger partial charge in [-0.15, -0.1) is 0 Å². The second-order valence-corrected chi connectivity index (χ2v) is 5.47. The van der Waals surface area contributed by atoms with Crippen molar-refractivity contribution in [2.45, 2.75) is 49.8 Å². The van der Waals surface area contributed by atoms with Crippen LogP contribution in [0.15, 0.2) is 0 Å². The van der Waals surface area contributed by atoms with E-state index in [1.54, 1.807) is 20.8 Å². The van der Waals surface area contributed by atoms with Gasteiger partial charge in [-0.25, -0.2) is 4.79 Å². The molecule has 0 aromatic heterocycles. The number of ether oxygens (including phenoxy) is 4. The number of alkyl halides is 3. The smallest absolute Gasteiger partial charge is 0.424 e. The number of halogens is 3. The summed E-state index contributed by atoms with van der Waals surface area (Å²) in [5.41, 5.74) is 0. The quantitative estimate of drug-likeness (QED) is 0.550. The number of cyclic esters (lactones) is 2. The topological polar surface area (TPSA) is 54.0 Å². The zero-order valence-electron chi connectivity index (χ0n) is 10.2. The maximum Gasteiger partial charge on any atom is 0.511 e. The van der Waals surface area contributed by atoms with Crippen molar-refractivity contribution in [2.75, 3.05) is 6.79 Å². The molecule has 4 atom stereocenters. The van der Waals surface area contributed by atoms with Crippen LogP contribution in [0.2, 0.25) is 0 Å². The molecular weight excluding hydrogens is 290 g/mol. The van der Waals surface area contributed by atoms with Crippen molar-refractivity contribution in [2.24, 2.45) is 0 Å². The molecule has 0 bridgehead atoms. The van der Waals surface area contributed by atoms with Crippen LogP contribution < -0.4 is 0 Å². The fraction of sp³-hybridized carbons (Fsp3) is 0.900. The Bertz CT molecular complexity index is 297. The number of hydrogen-bond donors (Lipinski definition) is 0. The van der Waals surface area contributed by atoms with E-state index in [2.05, 4.69) is 9.47 Å². The maximum atomic E-state index is 12.3. The molecule has 0 aromatic carbocycles. The molecule has 5 nitrogen and oxygen atoms in total. The van der Waals surface area contributed by atoms with Gasteiger partial charge in [0.2, 0.25) is 0 Å². The van der Waals surface area contributed by atoms with E-state index < -0.39 is 28.7 Å². The van der Waals surface area contributed by atoms with Gasteiger partial charge in [0.25, 0.3) is 6.36 Å². The molecule has 0 amide bonds. The SMILES string of the molecule is CC1(Cl)OCOC1(C)Cl.CCC1OC(=O)OC1F. The highest BCUT2D eigenvalue weighted by Crippen LogP contribution is 2.41. The molecular formula is C10H15Cl2FO5. The van der Waals surface area contributed by atoms with Gasteiger partial charge >= 0.3 is 6.16 Å². The summed E-state index contributed by atoms with van der Waals surface area (Å²) in [6.07, 6.45) is -2.72. The highest BCUT2D eigenvalue weighted by molar-refractivity contribution is 6.33. The fourth-order valence-corrected chi connectivity index (χ4v) is 1.35. The Morgan fingerprint density at radius 2 is 1.78 bits per heavy atom. The first-order valence-electron chi connectivity index (χ1n) is 5.36. The Hall–Kier alpha value is -0.300. The molecule has 2 saturated heterocycles. The standard InChI is InChI=1S/C5H8Cl2O2.C5H7FO3/c1-4(6)5(2,7)9-3-8-4;1-2-3-4(6)9-5(7)8-3/h3H2,1-2H3;3-4H,2H2,1H3. The van der Waals surface area contributed by atoms with Gasteiger partial charge in [-0.1, -0.05) is 30.1 Å². The van der Waals surface area contributed by atoms with Gasteiger partial charge in [-0.05, 0) is 20.3 Å². The van der Waals surface area contributed by atoms with Crippen molar-refractivity contribution in [1.29, 1.82) is 0 Å². The Labute approximate surface area is 114 Å². The molecule has 2 heterocycles. The Morgan fingerprint density at radius 3 is 1.94 bits per heavy atom. The van der Waals surface area contributed by atoms with Crippen molar-refractivity contribution in [3.05, 3.63) is 0 Å². The van der Waals surface area contributed by atoms with E-state index in [-0.39, 0.29) is 6.79 Å². The molecule has 2 aliphatic heterocycles. The summed E-state index contributed by atoms with van der Waals surface area (Å²) in [6.45, 7) is 5.24. The van der Waals surface area contributed by atoms with Crippen LogP contribution in [-0.4, -0.2) is 35.5 Å². The molecule has 0 spiro atoms. The second kappa shape index (κ2) is 5.77. The lowest BCUT2D eigenvalue weighted by atomic mass is 10.2.